The molecular formula is C31H45N7O5. The fourth-order valence-electron chi connectivity index (χ4n) is 5.63. The van der Waals surface area contributed by atoms with Gasteiger partial charge in [-0.25, -0.2) is 4.79 Å². The first kappa shape index (κ1) is 32.3. The quantitative estimate of drug-likeness (QED) is 0.189. The number of amides is 1. The summed E-state index contributed by atoms with van der Waals surface area (Å²) >= 11 is 0. The molecule has 0 atom stereocenters. The van der Waals surface area contributed by atoms with Crippen LogP contribution in [0.1, 0.15) is 67.3 Å². The Balaban J connectivity index is 1.35. The first-order chi connectivity index (χ1) is 20.8. The van der Waals surface area contributed by atoms with E-state index in [0.717, 1.165) is 37.7 Å². The number of fused-ring (bicyclic) bond motifs is 1. The van der Waals surface area contributed by atoms with Gasteiger partial charge in [0.1, 0.15) is 18.4 Å². The van der Waals surface area contributed by atoms with Crippen LogP contribution >= 0.6 is 0 Å². The number of nitrogens with one attached hydrogen (secondary N) is 2. The van der Waals surface area contributed by atoms with Gasteiger partial charge in [0.2, 0.25) is 5.91 Å². The number of hydrogen-bond acceptors (Lipinski definition) is 9. The average molecular weight is 596 g/mol. The van der Waals surface area contributed by atoms with Crippen molar-refractivity contribution in [3.63, 3.8) is 0 Å². The molecule has 1 aliphatic carbocycles. The van der Waals surface area contributed by atoms with Crippen molar-refractivity contribution < 1.29 is 19.1 Å². The SMILES string of the molecule is COCCOc1nc(NC(=O)CCCCCN(C)C2CCC(N(C)C)CC2)c2[nH]c(=O)n(Cc3ccc(C=O)cc3)c2n1. The second kappa shape index (κ2) is 15.7. The van der Waals surface area contributed by atoms with Gasteiger partial charge in [-0.3, -0.25) is 14.2 Å². The number of H-pyrrole nitrogens is 1. The Kier molecular flexibility index (Phi) is 11.8. The van der Waals surface area contributed by atoms with Gasteiger partial charge in [0.15, 0.2) is 11.5 Å². The highest BCUT2D eigenvalue weighted by Crippen LogP contribution is 2.25. The van der Waals surface area contributed by atoms with Crippen molar-refractivity contribution in [2.75, 3.05) is 53.3 Å². The van der Waals surface area contributed by atoms with Crippen LogP contribution in [0.15, 0.2) is 29.1 Å². The number of ether oxygens (including phenoxy) is 2. The minimum atomic E-state index is -0.396. The number of benzene rings is 1. The fourth-order valence-corrected chi connectivity index (χ4v) is 5.63. The van der Waals surface area contributed by atoms with Gasteiger partial charge in [0.05, 0.1) is 13.2 Å². The topological polar surface area (TPSA) is 135 Å². The van der Waals surface area contributed by atoms with Crippen LogP contribution < -0.4 is 15.7 Å². The second-order valence-electron chi connectivity index (χ2n) is 11.5. The van der Waals surface area contributed by atoms with Gasteiger partial charge in [0, 0.05) is 31.2 Å². The lowest BCUT2D eigenvalue weighted by Crippen LogP contribution is -2.40. The van der Waals surface area contributed by atoms with E-state index in [1.54, 1.807) is 31.4 Å². The molecule has 0 unspecified atom stereocenters. The molecular weight excluding hydrogens is 550 g/mol. The first-order valence-electron chi connectivity index (χ1n) is 15.1. The minimum Gasteiger partial charge on any atom is -0.461 e. The largest absolute Gasteiger partial charge is 0.461 e. The molecule has 0 aliphatic heterocycles. The van der Waals surface area contributed by atoms with E-state index in [1.807, 2.05) is 0 Å². The van der Waals surface area contributed by atoms with Crippen LogP contribution in [0.4, 0.5) is 5.82 Å². The molecule has 3 aromatic rings. The zero-order chi connectivity index (χ0) is 30.8. The zero-order valence-electron chi connectivity index (χ0n) is 25.8. The van der Waals surface area contributed by atoms with E-state index >= 15 is 0 Å². The van der Waals surface area contributed by atoms with Gasteiger partial charge in [-0.2, -0.15) is 9.97 Å². The van der Waals surface area contributed by atoms with Crippen molar-refractivity contribution in [2.24, 2.45) is 0 Å². The summed E-state index contributed by atoms with van der Waals surface area (Å²) in [6.45, 7) is 1.78. The highest BCUT2D eigenvalue weighted by atomic mass is 16.5. The molecule has 234 valence electrons. The van der Waals surface area contributed by atoms with Crippen LogP contribution in [0.5, 0.6) is 6.01 Å². The molecule has 2 aromatic heterocycles. The summed E-state index contributed by atoms with van der Waals surface area (Å²) in [7, 11) is 8.12. The van der Waals surface area contributed by atoms with E-state index in [-0.39, 0.29) is 30.9 Å². The maximum absolute atomic E-state index is 12.9. The molecule has 2 N–H and O–H groups in total. The summed E-state index contributed by atoms with van der Waals surface area (Å²) in [5.41, 5.74) is 1.60. The highest BCUT2D eigenvalue weighted by Gasteiger charge is 2.24. The standard InChI is InChI=1S/C31H45N7O5/c1-36(2)24-13-15-25(16-14-24)37(3)17-7-5-6-8-26(40)32-28-27-29(35-30(34-28)43-19-18-42-4)38(31(41)33-27)20-22-9-11-23(21-39)12-10-22/h9-12,21,24-25H,5-8,13-20H2,1-4H3,(H,33,41)(H,32,34,35,40). The summed E-state index contributed by atoms with van der Waals surface area (Å²) in [4.78, 5) is 53.3. The smallest absolute Gasteiger partial charge is 0.328 e. The Bertz CT molecular complexity index is 1390. The maximum atomic E-state index is 12.9. The molecule has 1 amide bonds. The number of rotatable bonds is 16. The van der Waals surface area contributed by atoms with Crippen LogP contribution in [0.25, 0.3) is 11.2 Å². The van der Waals surface area contributed by atoms with Crippen LogP contribution in [-0.2, 0) is 16.1 Å². The predicted octanol–water partition coefficient (Wildman–Crippen LogP) is 3.31. The Hall–Kier alpha value is -3.61. The van der Waals surface area contributed by atoms with Crippen molar-refractivity contribution in [2.45, 2.75) is 70.0 Å². The number of hydrogen-bond donors (Lipinski definition) is 2. The normalized spacial score (nSPS) is 17.1. The molecule has 1 aliphatic rings. The fraction of sp³-hybridized carbons (Fsp3) is 0.581. The molecule has 12 heteroatoms. The van der Waals surface area contributed by atoms with Crippen molar-refractivity contribution >= 4 is 29.2 Å². The van der Waals surface area contributed by atoms with Crippen LogP contribution in [-0.4, -0.2) is 102 Å². The molecule has 0 radical (unpaired) electrons. The molecule has 12 nitrogen and oxygen atoms in total. The molecule has 43 heavy (non-hydrogen) atoms. The van der Waals surface area contributed by atoms with E-state index < -0.39 is 5.69 Å². The van der Waals surface area contributed by atoms with Gasteiger partial charge in [0.25, 0.3) is 0 Å². The summed E-state index contributed by atoms with van der Waals surface area (Å²) in [6, 6.07) is 8.32. The number of carbonyl (C=O) groups excluding carboxylic acids is 2. The number of carbonyl (C=O) groups is 2. The van der Waals surface area contributed by atoms with E-state index in [0.29, 0.717) is 41.8 Å². The third-order valence-electron chi connectivity index (χ3n) is 8.27. The molecule has 1 saturated carbocycles. The third kappa shape index (κ3) is 8.94. The Morgan fingerprint density at radius 1 is 1.05 bits per heavy atom. The number of imidazole rings is 1. The number of aromatic nitrogens is 4. The van der Waals surface area contributed by atoms with Gasteiger partial charge >= 0.3 is 11.7 Å². The van der Waals surface area contributed by atoms with Gasteiger partial charge in [-0.1, -0.05) is 30.7 Å². The molecule has 0 saturated heterocycles. The zero-order valence-corrected chi connectivity index (χ0v) is 25.8. The third-order valence-corrected chi connectivity index (χ3v) is 8.27. The van der Waals surface area contributed by atoms with E-state index in [9.17, 15) is 14.4 Å². The number of nitrogens with zero attached hydrogens (tertiary/aromatic N) is 5. The number of anilines is 1. The molecule has 2 heterocycles. The number of aromatic amines is 1. The van der Waals surface area contributed by atoms with Crippen molar-refractivity contribution in [1.82, 2.24) is 29.3 Å². The molecule has 1 aromatic carbocycles. The van der Waals surface area contributed by atoms with Crippen LogP contribution in [0, 0.1) is 0 Å². The average Bonchev–Trinajstić information content (AvgIpc) is 3.32. The van der Waals surface area contributed by atoms with Crippen molar-refractivity contribution in [3.05, 3.63) is 45.9 Å². The Morgan fingerprint density at radius 2 is 1.77 bits per heavy atom. The Morgan fingerprint density at radius 3 is 2.44 bits per heavy atom. The summed E-state index contributed by atoms with van der Waals surface area (Å²) < 4.78 is 12.2. The lowest BCUT2D eigenvalue weighted by Gasteiger charge is -2.37. The lowest BCUT2D eigenvalue weighted by atomic mass is 9.89. The predicted molar refractivity (Wildman–Crippen MR) is 166 cm³/mol. The minimum absolute atomic E-state index is 0.0338. The van der Waals surface area contributed by atoms with Crippen molar-refractivity contribution in [3.8, 4) is 6.01 Å². The highest BCUT2D eigenvalue weighted by molar-refractivity contribution is 5.97. The monoisotopic (exact) mass is 595 g/mol. The van der Waals surface area contributed by atoms with Gasteiger partial charge in [-0.15, -0.1) is 0 Å². The van der Waals surface area contributed by atoms with E-state index in [1.165, 1.54) is 30.3 Å². The van der Waals surface area contributed by atoms with Crippen LogP contribution in [0.2, 0.25) is 0 Å². The van der Waals surface area contributed by atoms with Crippen LogP contribution in [0.3, 0.4) is 0 Å². The van der Waals surface area contributed by atoms with Crippen molar-refractivity contribution in [1.29, 1.82) is 0 Å². The van der Waals surface area contributed by atoms with Gasteiger partial charge < -0.3 is 29.6 Å². The summed E-state index contributed by atoms with van der Waals surface area (Å²) in [5.74, 6) is 0.0129. The molecule has 1 fully saturated rings. The van der Waals surface area contributed by atoms with E-state index in [2.05, 4.69) is 51.2 Å². The molecule has 0 spiro atoms. The van der Waals surface area contributed by atoms with E-state index in [4.69, 9.17) is 9.47 Å². The number of methoxy groups -OCH3 is 1. The second-order valence-corrected chi connectivity index (χ2v) is 11.5. The summed E-state index contributed by atoms with van der Waals surface area (Å²) in [6.07, 6.45) is 8.84. The molecule has 4 rings (SSSR count). The van der Waals surface area contributed by atoms with Gasteiger partial charge in [-0.05, 0) is 71.8 Å². The lowest BCUT2D eigenvalue weighted by molar-refractivity contribution is -0.116. The summed E-state index contributed by atoms with van der Waals surface area (Å²) in [5, 5.41) is 2.86. The maximum Gasteiger partial charge on any atom is 0.328 e. The number of unbranched alkanes of at least 4 members (excludes halogenated alkanes) is 2. The molecule has 0 bridgehead atoms. The first-order valence-corrected chi connectivity index (χ1v) is 15.1. The number of aldehydes is 1. The Labute approximate surface area is 252 Å².